The molecule has 0 saturated carbocycles. The van der Waals surface area contributed by atoms with Crippen molar-refractivity contribution in [2.24, 2.45) is 0 Å². The number of benzene rings is 4. The standard InChI is InChI=1S/C28H22ClIN2O/c29-18-19-33-24-16-17-26-25(20-24)27(30)31-32(26)28(21-10-4-1-5-11-21,22-12-6-2-7-13-22)23-14-8-3-9-15-23/h1-17,20H,18-19H2. The molecule has 0 aliphatic carbocycles. The number of alkyl halides is 1. The van der Waals surface area contributed by atoms with Crippen molar-refractivity contribution in [1.29, 1.82) is 0 Å². The second-order valence-corrected chi connectivity index (χ2v) is 9.13. The Bertz CT molecular complexity index is 1260. The van der Waals surface area contributed by atoms with Gasteiger partial charge in [-0.2, -0.15) is 5.10 Å². The number of nitrogens with zero attached hydrogens (tertiary/aromatic N) is 2. The second-order valence-electron chi connectivity index (χ2n) is 7.73. The first-order valence-electron chi connectivity index (χ1n) is 10.8. The first kappa shape index (κ1) is 22.0. The van der Waals surface area contributed by atoms with E-state index in [0.717, 1.165) is 37.0 Å². The number of hydrogen-bond acceptors (Lipinski definition) is 2. The first-order valence-corrected chi connectivity index (χ1v) is 12.4. The quantitative estimate of drug-likeness (QED) is 0.120. The van der Waals surface area contributed by atoms with Crippen LogP contribution in [0.25, 0.3) is 10.9 Å². The molecule has 0 N–H and O–H groups in total. The lowest BCUT2D eigenvalue weighted by Gasteiger charge is -2.37. The maximum absolute atomic E-state index is 5.83. The lowest BCUT2D eigenvalue weighted by atomic mass is 9.77. The van der Waals surface area contributed by atoms with E-state index in [1.165, 1.54) is 0 Å². The minimum atomic E-state index is -0.649. The number of rotatable bonds is 7. The Morgan fingerprint density at radius 1 is 0.758 bits per heavy atom. The molecule has 0 bridgehead atoms. The molecule has 0 aliphatic heterocycles. The van der Waals surface area contributed by atoms with E-state index in [1.807, 2.05) is 6.07 Å². The molecule has 1 aromatic heterocycles. The number of fused-ring (bicyclic) bond motifs is 1. The smallest absolute Gasteiger partial charge is 0.138 e. The molecule has 33 heavy (non-hydrogen) atoms. The van der Waals surface area contributed by atoms with Crippen LogP contribution in [0.1, 0.15) is 16.7 Å². The molecule has 1 heterocycles. The molecule has 0 unspecified atom stereocenters. The maximum Gasteiger partial charge on any atom is 0.138 e. The molecule has 0 amide bonds. The number of ether oxygens (including phenoxy) is 1. The van der Waals surface area contributed by atoms with Crippen LogP contribution in [0, 0.1) is 3.70 Å². The molecule has 5 rings (SSSR count). The Kier molecular flexibility index (Phi) is 6.38. The van der Waals surface area contributed by atoms with Crippen molar-refractivity contribution in [3.8, 4) is 5.75 Å². The lowest BCUT2D eigenvalue weighted by molar-refractivity contribution is 0.343. The first-order chi connectivity index (χ1) is 16.2. The molecule has 0 spiro atoms. The predicted octanol–water partition coefficient (Wildman–Crippen LogP) is 7.10. The van der Waals surface area contributed by atoms with Gasteiger partial charge in [0.05, 0.1) is 11.4 Å². The fourth-order valence-electron chi connectivity index (χ4n) is 4.47. The minimum absolute atomic E-state index is 0.452. The summed E-state index contributed by atoms with van der Waals surface area (Å²) in [5.74, 6) is 1.25. The van der Waals surface area contributed by atoms with Gasteiger partial charge in [-0.1, -0.05) is 91.0 Å². The Morgan fingerprint density at radius 2 is 1.27 bits per heavy atom. The van der Waals surface area contributed by atoms with E-state index in [-0.39, 0.29) is 0 Å². The van der Waals surface area contributed by atoms with E-state index in [4.69, 9.17) is 21.4 Å². The SMILES string of the molecule is ClCCOc1ccc2c(c1)c(I)nn2C(c1ccccc1)(c1ccccc1)c1ccccc1. The summed E-state index contributed by atoms with van der Waals surface area (Å²) >= 11 is 8.14. The van der Waals surface area contributed by atoms with E-state index in [1.54, 1.807) is 0 Å². The van der Waals surface area contributed by atoms with Gasteiger partial charge in [0.2, 0.25) is 0 Å². The second kappa shape index (κ2) is 9.57. The van der Waals surface area contributed by atoms with Crippen LogP contribution in [0.3, 0.4) is 0 Å². The van der Waals surface area contributed by atoms with Crippen LogP contribution >= 0.6 is 34.2 Å². The van der Waals surface area contributed by atoms with Gasteiger partial charge in [0.15, 0.2) is 0 Å². The molecule has 0 fully saturated rings. The number of hydrogen-bond donors (Lipinski definition) is 0. The Balaban J connectivity index is 1.87. The normalized spacial score (nSPS) is 11.6. The molecule has 3 nitrogen and oxygen atoms in total. The average Bonchev–Trinajstić information content (AvgIpc) is 3.21. The summed E-state index contributed by atoms with van der Waals surface area (Å²) in [5, 5.41) is 6.19. The largest absolute Gasteiger partial charge is 0.492 e. The van der Waals surface area contributed by atoms with Gasteiger partial charge in [-0.3, -0.25) is 0 Å². The van der Waals surface area contributed by atoms with Gasteiger partial charge in [-0.25, -0.2) is 4.68 Å². The van der Waals surface area contributed by atoms with E-state index < -0.39 is 5.54 Å². The highest BCUT2D eigenvalue weighted by molar-refractivity contribution is 14.1. The molecular weight excluding hydrogens is 543 g/mol. The predicted molar refractivity (Wildman–Crippen MR) is 143 cm³/mol. The van der Waals surface area contributed by atoms with E-state index in [0.29, 0.717) is 12.5 Å². The van der Waals surface area contributed by atoms with Crippen molar-refractivity contribution in [3.05, 3.63) is 130 Å². The molecule has 0 radical (unpaired) electrons. The topological polar surface area (TPSA) is 27.1 Å². The summed E-state index contributed by atoms with van der Waals surface area (Å²) in [6.07, 6.45) is 0. The fourth-order valence-corrected chi connectivity index (χ4v) is 5.19. The Hall–Kier alpha value is -2.83. The molecule has 0 atom stereocenters. The summed E-state index contributed by atoms with van der Waals surface area (Å²) in [7, 11) is 0. The van der Waals surface area contributed by atoms with E-state index in [2.05, 4.69) is 130 Å². The molecule has 164 valence electrons. The lowest BCUT2D eigenvalue weighted by Crippen LogP contribution is -2.38. The summed E-state index contributed by atoms with van der Waals surface area (Å²) in [6, 6.07) is 37.9. The van der Waals surface area contributed by atoms with Crippen LogP contribution < -0.4 is 4.74 Å². The van der Waals surface area contributed by atoms with Crippen LogP contribution in [0.2, 0.25) is 0 Å². The van der Waals surface area contributed by atoms with Crippen molar-refractivity contribution < 1.29 is 4.74 Å². The zero-order valence-electron chi connectivity index (χ0n) is 17.9. The molecule has 0 saturated heterocycles. The van der Waals surface area contributed by atoms with Gasteiger partial charge in [0.1, 0.15) is 21.6 Å². The van der Waals surface area contributed by atoms with Gasteiger partial charge >= 0.3 is 0 Å². The van der Waals surface area contributed by atoms with Crippen LogP contribution in [0.4, 0.5) is 0 Å². The molecule has 4 aromatic carbocycles. The van der Waals surface area contributed by atoms with Gasteiger partial charge in [0.25, 0.3) is 0 Å². The number of halogens is 2. The van der Waals surface area contributed by atoms with Crippen molar-refractivity contribution in [3.63, 3.8) is 0 Å². The molecule has 0 aliphatic rings. The van der Waals surface area contributed by atoms with Crippen molar-refractivity contribution in [2.75, 3.05) is 12.5 Å². The third-order valence-corrected chi connectivity index (χ3v) is 6.80. The van der Waals surface area contributed by atoms with Gasteiger partial charge in [0, 0.05) is 5.39 Å². The highest BCUT2D eigenvalue weighted by Gasteiger charge is 2.40. The Labute approximate surface area is 212 Å². The average molecular weight is 565 g/mol. The van der Waals surface area contributed by atoms with Crippen LogP contribution in [0.5, 0.6) is 5.75 Å². The maximum atomic E-state index is 5.83. The zero-order valence-corrected chi connectivity index (χ0v) is 20.8. The summed E-state index contributed by atoms with van der Waals surface area (Å²) in [6.45, 7) is 0.472. The highest BCUT2D eigenvalue weighted by atomic mass is 127. The molecular formula is C28H22ClIN2O. The third kappa shape index (κ3) is 3.91. The fraction of sp³-hybridized carbons (Fsp3) is 0.107. The summed E-state index contributed by atoms with van der Waals surface area (Å²) in [4.78, 5) is 0. The number of aromatic nitrogens is 2. The van der Waals surface area contributed by atoms with Crippen molar-refractivity contribution in [1.82, 2.24) is 9.78 Å². The van der Waals surface area contributed by atoms with Crippen molar-refractivity contribution >= 4 is 45.1 Å². The van der Waals surface area contributed by atoms with Crippen LogP contribution in [-0.4, -0.2) is 22.3 Å². The third-order valence-electron chi connectivity index (χ3n) is 5.84. The zero-order chi connectivity index (χ0) is 22.7. The van der Waals surface area contributed by atoms with Gasteiger partial charge in [-0.15, -0.1) is 11.6 Å². The summed E-state index contributed by atoms with van der Waals surface area (Å²) < 4.78 is 8.88. The molecule has 5 aromatic rings. The van der Waals surface area contributed by atoms with Crippen LogP contribution in [-0.2, 0) is 5.54 Å². The van der Waals surface area contributed by atoms with Gasteiger partial charge in [-0.05, 0) is 57.5 Å². The minimum Gasteiger partial charge on any atom is -0.492 e. The van der Waals surface area contributed by atoms with Gasteiger partial charge < -0.3 is 4.74 Å². The van der Waals surface area contributed by atoms with E-state index >= 15 is 0 Å². The molecule has 5 heteroatoms. The summed E-state index contributed by atoms with van der Waals surface area (Å²) in [5.41, 5.74) is 3.82. The highest BCUT2D eigenvalue weighted by Crippen LogP contribution is 2.43. The monoisotopic (exact) mass is 564 g/mol. The van der Waals surface area contributed by atoms with E-state index in [9.17, 15) is 0 Å². The van der Waals surface area contributed by atoms with Crippen LogP contribution in [0.15, 0.2) is 109 Å². The van der Waals surface area contributed by atoms with Crippen molar-refractivity contribution in [2.45, 2.75) is 5.54 Å². The Morgan fingerprint density at radius 3 is 1.76 bits per heavy atom.